The van der Waals surface area contributed by atoms with Crippen LogP contribution < -0.4 is 4.90 Å². The van der Waals surface area contributed by atoms with E-state index in [2.05, 4.69) is 25.8 Å². The molecule has 0 aromatic carbocycles. The molecule has 0 aliphatic carbocycles. The van der Waals surface area contributed by atoms with E-state index in [1.165, 1.54) is 0 Å². The summed E-state index contributed by atoms with van der Waals surface area (Å²) >= 11 is 0. The summed E-state index contributed by atoms with van der Waals surface area (Å²) in [5, 5.41) is 0. The molecule has 12 heavy (non-hydrogen) atoms. The largest absolute Gasteiger partial charge is 0.446 e. The average Bonchev–Trinajstić information content (AvgIpc) is 2.30. The summed E-state index contributed by atoms with van der Waals surface area (Å²) in [4.78, 5) is 6.27. The van der Waals surface area contributed by atoms with E-state index in [0.29, 0.717) is 0 Å². The van der Waals surface area contributed by atoms with Gasteiger partial charge in [0.05, 0.1) is 0 Å². The molecule has 0 aliphatic rings. The molecule has 68 valence electrons. The van der Waals surface area contributed by atoms with Crippen LogP contribution in [0.3, 0.4) is 0 Å². The molecule has 0 bridgehead atoms. The van der Waals surface area contributed by atoms with E-state index in [1.54, 1.807) is 6.26 Å². The van der Waals surface area contributed by atoms with Crippen molar-refractivity contribution >= 4 is 5.82 Å². The molecule has 1 aromatic heterocycles. The lowest BCUT2D eigenvalue weighted by molar-refractivity contribution is 0.392. The lowest BCUT2D eigenvalue weighted by Crippen LogP contribution is -2.13. The Morgan fingerprint density at radius 2 is 1.92 bits per heavy atom. The third kappa shape index (κ3) is 1.78. The predicted molar refractivity (Wildman–Crippen MR) is 49.5 cm³/mol. The van der Waals surface area contributed by atoms with Gasteiger partial charge in [-0.15, -0.1) is 0 Å². The standard InChI is InChI=1S/C9H16N2O/c1-9(2,3)8-10-7(6-12-8)11(4)5/h6H,1-5H3. The van der Waals surface area contributed by atoms with Gasteiger partial charge in [-0.1, -0.05) is 20.8 Å². The van der Waals surface area contributed by atoms with Crippen molar-refractivity contribution < 1.29 is 4.42 Å². The van der Waals surface area contributed by atoms with Crippen LogP contribution in [0.1, 0.15) is 26.7 Å². The minimum Gasteiger partial charge on any atom is -0.446 e. The number of nitrogens with zero attached hydrogens (tertiary/aromatic N) is 2. The molecule has 0 saturated heterocycles. The highest BCUT2D eigenvalue weighted by Crippen LogP contribution is 2.23. The minimum absolute atomic E-state index is 0.00569. The van der Waals surface area contributed by atoms with Crippen LogP contribution in [0.4, 0.5) is 5.82 Å². The smallest absolute Gasteiger partial charge is 0.201 e. The molecule has 1 rings (SSSR count). The van der Waals surface area contributed by atoms with Crippen LogP contribution in [0.5, 0.6) is 0 Å². The quantitative estimate of drug-likeness (QED) is 0.642. The Kier molecular flexibility index (Phi) is 2.13. The molecule has 0 N–H and O–H groups in total. The van der Waals surface area contributed by atoms with Gasteiger partial charge in [0.1, 0.15) is 6.26 Å². The van der Waals surface area contributed by atoms with Crippen molar-refractivity contribution in [2.75, 3.05) is 19.0 Å². The van der Waals surface area contributed by atoms with Crippen molar-refractivity contribution in [1.29, 1.82) is 0 Å². The molecule has 3 nitrogen and oxygen atoms in total. The van der Waals surface area contributed by atoms with Gasteiger partial charge in [0.25, 0.3) is 0 Å². The minimum atomic E-state index is -0.00569. The Bertz CT molecular complexity index is 258. The molecule has 0 amide bonds. The highest BCUT2D eigenvalue weighted by Gasteiger charge is 2.20. The van der Waals surface area contributed by atoms with Crippen molar-refractivity contribution in [3.8, 4) is 0 Å². The number of hydrogen-bond acceptors (Lipinski definition) is 3. The van der Waals surface area contributed by atoms with Gasteiger partial charge >= 0.3 is 0 Å². The van der Waals surface area contributed by atoms with E-state index in [4.69, 9.17) is 4.42 Å². The first kappa shape index (κ1) is 9.10. The van der Waals surface area contributed by atoms with E-state index >= 15 is 0 Å². The Labute approximate surface area is 73.4 Å². The zero-order chi connectivity index (χ0) is 9.35. The maximum Gasteiger partial charge on any atom is 0.201 e. The van der Waals surface area contributed by atoms with Gasteiger partial charge in [0, 0.05) is 19.5 Å². The van der Waals surface area contributed by atoms with Crippen LogP contribution >= 0.6 is 0 Å². The number of hydrogen-bond donors (Lipinski definition) is 0. The fourth-order valence-corrected chi connectivity index (χ4v) is 0.815. The van der Waals surface area contributed by atoms with E-state index in [0.717, 1.165) is 11.7 Å². The topological polar surface area (TPSA) is 29.3 Å². The highest BCUT2D eigenvalue weighted by molar-refractivity contribution is 5.33. The van der Waals surface area contributed by atoms with Crippen LogP contribution in [0.25, 0.3) is 0 Å². The molecule has 0 saturated carbocycles. The summed E-state index contributed by atoms with van der Waals surface area (Å²) < 4.78 is 5.34. The first-order valence-corrected chi connectivity index (χ1v) is 4.04. The van der Waals surface area contributed by atoms with Crippen LogP contribution in [0.15, 0.2) is 10.7 Å². The molecule has 0 fully saturated rings. The summed E-state index contributed by atoms with van der Waals surface area (Å²) in [6.07, 6.45) is 1.68. The van der Waals surface area contributed by atoms with Crippen molar-refractivity contribution in [3.05, 3.63) is 12.2 Å². The summed E-state index contributed by atoms with van der Waals surface area (Å²) in [7, 11) is 3.90. The third-order valence-corrected chi connectivity index (χ3v) is 1.59. The van der Waals surface area contributed by atoms with Crippen LogP contribution in [0, 0.1) is 0 Å². The molecule has 1 heterocycles. The van der Waals surface area contributed by atoms with Crippen molar-refractivity contribution in [3.63, 3.8) is 0 Å². The lowest BCUT2D eigenvalue weighted by Gasteiger charge is -2.12. The van der Waals surface area contributed by atoms with E-state index in [-0.39, 0.29) is 5.41 Å². The van der Waals surface area contributed by atoms with E-state index < -0.39 is 0 Å². The molecule has 0 aliphatic heterocycles. The van der Waals surface area contributed by atoms with E-state index in [1.807, 2.05) is 19.0 Å². The van der Waals surface area contributed by atoms with Gasteiger partial charge in [0.15, 0.2) is 5.82 Å². The Hall–Kier alpha value is -0.990. The maximum atomic E-state index is 5.34. The molecular weight excluding hydrogens is 152 g/mol. The monoisotopic (exact) mass is 168 g/mol. The first-order valence-electron chi connectivity index (χ1n) is 4.04. The van der Waals surface area contributed by atoms with Gasteiger partial charge in [-0.05, 0) is 0 Å². The molecule has 0 radical (unpaired) electrons. The maximum absolute atomic E-state index is 5.34. The highest BCUT2D eigenvalue weighted by atomic mass is 16.3. The van der Waals surface area contributed by atoms with Crippen molar-refractivity contribution in [2.24, 2.45) is 0 Å². The Balaban J connectivity index is 2.92. The predicted octanol–water partition coefficient (Wildman–Crippen LogP) is 2.04. The van der Waals surface area contributed by atoms with Crippen LogP contribution in [-0.4, -0.2) is 19.1 Å². The summed E-state index contributed by atoms with van der Waals surface area (Å²) in [5.41, 5.74) is -0.00569. The summed E-state index contributed by atoms with van der Waals surface area (Å²) in [6, 6.07) is 0. The normalized spacial score (nSPS) is 11.8. The van der Waals surface area contributed by atoms with Crippen molar-refractivity contribution in [2.45, 2.75) is 26.2 Å². The van der Waals surface area contributed by atoms with Crippen LogP contribution in [-0.2, 0) is 5.41 Å². The lowest BCUT2D eigenvalue weighted by atomic mass is 9.97. The molecule has 0 atom stereocenters. The van der Waals surface area contributed by atoms with Gasteiger partial charge in [-0.25, -0.2) is 0 Å². The molecule has 3 heteroatoms. The average molecular weight is 168 g/mol. The Morgan fingerprint density at radius 1 is 1.33 bits per heavy atom. The second kappa shape index (κ2) is 2.81. The van der Waals surface area contributed by atoms with Gasteiger partial charge < -0.3 is 9.32 Å². The molecule has 1 aromatic rings. The fourth-order valence-electron chi connectivity index (χ4n) is 0.815. The second-order valence-electron chi connectivity index (χ2n) is 4.16. The van der Waals surface area contributed by atoms with Gasteiger partial charge in [0.2, 0.25) is 5.89 Å². The second-order valence-corrected chi connectivity index (χ2v) is 4.16. The molecular formula is C9H16N2O. The zero-order valence-electron chi connectivity index (χ0n) is 8.38. The molecule has 0 spiro atoms. The number of rotatable bonds is 1. The fraction of sp³-hybridized carbons (Fsp3) is 0.667. The SMILES string of the molecule is CN(C)c1coc(C(C)(C)C)n1. The number of anilines is 1. The summed E-state index contributed by atoms with van der Waals surface area (Å²) in [5.74, 6) is 1.66. The van der Waals surface area contributed by atoms with Gasteiger partial charge in [-0.2, -0.15) is 4.98 Å². The summed E-state index contributed by atoms with van der Waals surface area (Å²) in [6.45, 7) is 6.24. The Morgan fingerprint density at radius 3 is 2.17 bits per heavy atom. The van der Waals surface area contributed by atoms with Gasteiger partial charge in [-0.3, -0.25) is 0 Å². The molecule has 0 unspecified atom stereocenters. The van der Waals surface area contributed by atoms with Crippen molar-refractivity contribution in [1.82, 2.24) is 4.98 Å². The first-order chi connectivity index (χ1) is 5.41. The zero-order valence-corrected chi connectivity index (χ0v) is 8.38. The third-order valence-electron chi connectivity index (χ3n) is 1.59. The van der Waals surface area contributed by atoms with Crippen LogP contribution in [0.2, 0.25) is 0 Å². The van der Waals surface area contributed by atoms with E-state index in [9.17, 15) is 0 Å². The number of oxazole rings is 1. The number of aromatic nitrogens is 1.